The molecule has 1 saturated carbocycles. The summed E-state index contributed by atoms with van der Waals surface area (Å²) in [4.78, 5) is 23.4. The van der Waals surface area contributed by atoms with Gasteiger partial charge >= 0.3 is 0 Å². The lowest BCUT2D eigenvalue weighted by molar-refractivity contribution is -0.129. The van der Waals surface area contributed by atoms with Crippen LogP contribution in [0.3, 0.4) is 0 Å². The third-order valence-corrected chi connectivity index (χ3v) is 3.53. The van der Waals surface area contributed by atoms with Gasteiger partial charge in [-0.3, -0.25) is 9.59 Å². The smallest absolute Gasteiger partial charge is 0.243 e. The molecule has 1 unspecified atom stereocenters. The van der Waals surface area contributed by atoms with Crippen LogP contribution in [0, 0.1) is 5.92 Å². The van der Waals surface area contributed by atoms with E-state index in [0.717, 1.165) is 25.7 Å². The molecule has 0 aliphatic heterocycles. The van der Waals surface area contributed by atoms with Crippen molar-refractivity contribution in [1.29, 1.82) is 0 Å². The van der Waals surface area contributed by atoms with Gasteiger partial charge in [0.05, 0.1) is 12.8 Å². The fraction of sp³-hybridized carbons (Fsp3) is 0.571. The second-order valence-corrected chi connectivity index (χ2v) is 5.02. The first-order valence-electron chi connectivity index (χ1n) is 6.74. The minimum absolute atomic E-state index is 0.126. The van der Waals surface area contributed by atoms with Crippen molar-refractivity contribution in [2.45, 2.75) is 45.2 Å². The van der Waals surface area contributed by atoms with E-state index >= 15 is 0 Å². The Bertz CT molecular complexity index is 422. The summed E-state index contributed by atoms with van der Waals surface area (Å²) in [7, 11) is 0. The maximum atomic E-state index is 12.2. The van der Waals surface area contributed by atoms with Gasteiger partial charge in [-0.05, 0) is 30.9 Å². The highest BCUT2D eigenvalue weighted by atomic mass is 16.3. The standard InChI is InChI=1S/C14H20N2O3/c1-10(17)16-13(11-5-2-3-6-11)14(18)15-9-12-7-4-8-19-12/h4,7-8,11,13H,2-3,5-6,9H2,1H3,(H,15,18)(H,16,17). The lowest BCUT2D eigenvalue weighted by atomic mass is 9.97. The summed E-state index contributed by atoms with van der Waals surface area (Å²) < 4.78 is 5.17. The zero-order valence-corrected chi connectivity index (χ0v) is 11.1. The summed E-state index contributed by atoms with van der Waals surface area (Å²) in [5.74, 6) is 0.672. The Labute approximate surface area is 112 Å². The maximum absolute atomic E-state index is 12.2. The van der Waals surface area contributed by atoms with E-state index in [1.807, 2.05) is 6.07 Å². The fourth-order valence-corrected chi connectivity index (χ4v) is 2.60. The van der Waals surface area contributed by atoms with Crippen LogP contribution in [0.5, 0.6) is 0 Å². The third kappa shape index (κ3) is 3.84. The summed E-state index contributed by atoms with van der Waals surface area (Å²) in [6, 6.07) is 3.17. The molecular formula is C14H20N2O3. The second kappa shape index (κ2) is 6.41. The first-order chi connectivity index (χ1) is 9.16. The number of carbonyl (C=O) groups excluding carboxylic acids is 2. The van der Waals surface area contributed by atoms with Gasteiger partial charge < -0.3 is 15.1 Å². The average Bonchev–Trinajstić information content (AvgIpc) is 3.05. The van der Waals surface area contributed by atoms with Crippen molar-refractivity contribution < 1.29 is 14.0 Å². The minimum Gasteiger partial charge on any atom is -0.467 e. The van der Waals surface area contributed by atoms with Gasteiger partial charge in [-0.1, -0.05) is 12.8 Å². The number of rotatable bonds is 5. The van der Waals surface area contributed by atoms with Crippen LogP contribution in [0.4, 0.5) is 0 Å². The summed E-state index contributed by atoms with van der Waals surface area (Å²) in [5.41, 5.74) is 0. The molecule has 0 aromatic carbocycles. The normalized spacial score (nSPS) is 17.1. The highest BCUT2D eigenvalue weighted by Crippen LogP contribution is 2.27. The highest BCUT2D eigenvalue weighted by Gasteiger charge is 2.31. The Kier molecular flexibility index (Phi) is 4.60. The third-order valence-electron chi connectivity index (χ3n) is 3.53. The largest absolute Gasteiger partial charge is 0.467 e. The molecule has 0 spiro atoms. The van der Waals surface area contributed by atoms with E-state index in [1.54, 1.807) is 12.3 Å². The van der Waals surface area contributed by atoms with Crippen LogP contribution in [-0.2, 0) is 16.1 Å². The molecule has 0 radical (unpaired) electrons. The van der Waals surface area contributed by atoms with Crippen LogP contribution in [-0.4, -0.2) is 17.9 Å². The Morgan fingerprint density at radius 2 is 2.16 bits per heavy atom. The van der Waals surface area contributed by atoms with Gasteiger partial charge in [0, 0.05) is 6.92 Å². The van der Waals surface area contributed by atoms with E-state index in [1.165, 1.54) is 6.92 Å². The Balaban J connectivity index is 1.92. The summed E-state index contributed by atoms with van der Waals surface area (Å²) in [5, 5.41) is 5.59. The number of furan rings is 1. The lowest BCUT2D eigenvalue weighted by Gasteiger charge is -2.23. The molecule has 1 aliphatic rings. The minimum atomic E-state index is -0.421. The van der Waals surface area contributed by atoms with Crippen molar-refractivity contribution in [3.05, 3.63) is 24.2 Å². The Morgan fingerprint density at radius 1 is 1.42 bits per heavy atom. The molecule has 2 amide bonds. The molecule has 2 rings (SSSR count). The fourth-order valence-electron chi connectivity index (χ4n) is 2.60. The number of hydrogen-bond donors (Lipinski definition) is 2. The Morgan fingerprint density at radius 3 is 2.74 bits per heavy atom. The zero-order chi connectivity index (χ0) is 13.7. The molecule has 1 fully saturated rings. The van der Waals surface area contributed by atoms with E-state index in [4.69, 9.17) is 4.42 Å². The van der Waals surface area contributed by atoms with Crippen LogP contribution in [0.25, 0.3) is 0 Å². The van der Waals surface area contributed by atoms with Gasteiger partial charge in [0.15, 0.2) is 0 Å². The molecule has 1 atom stereocenters. The van der Waals surface area contributed by atoms with E-state index in [-0.39, 0.29) is 17.7 Å². The van der Waals surface area contributed by atoms with Crippen LogP contribution in [0.1, 0.15) is 38.4 Å². The number of hydrogen-bond acceptors (Lipinski definition) is 3. The van der Waals surface area contributed by atoms with Gasteiger partial charge in [-0.15, -0.1) is 0 Å². The zero-order valence-electron chi connectivity index (χ0n) is 11.1. The van der Waals surface area contributed by atoms with Gasteiger partial charge in [0.25, 0.3) is 0 Å². The first-order valence-corrected chi connectivity index (χ1v) is 6.74. The number of carbonyl (C=O) groups is 2. The van der Waals surface area contributed by atoms with Crippen molar-refractivity contribution in [3.8, 4) is 0 Å². The van der Waals surface area contributed by atoms with Gasteiger partial charge in [-0.2, -0.15) is 0 Å². The van der Waals surface area contributed by atoms with Crippen LogP contribution in [0.2, 0.25) is 0 Å². The SMILES string of the molecule is CC(=O)NC(C(=O)NCc1ccco1)C1CCCC1. The van der Waals surface area contributed by atoms with Crippen molar-refractivity contribution in [3.63, 3.8) is 0 Å². The monoisotopic (exact) mass is 264 g/mol. The average molecular weight is 264 g/mol. The van der Waals surface area contributed by atoms with Crippen LogP contribution >= 0.6 is 0 Å². The first kappa shape index (κ1) is 13.6. The topological polar surface area (TPSA) is 71.3 Å². The molecule has 1 aliphatic carbocycles. The predicted octanol–water partition coefficient (Wildman–Crippen LogP) is 1.59. The molecule has 0 bridgehead atoms. The predicted molar refractivity (Wildman–Crippen MR) is 70.1 cm³/mol. The molecule has 0 saturated heterocycles. The summed E-state index contributed by atoms with van der Waals surface area (Å²) in [6.07, 6.45) is 5.83. The van der Waals surface area contributed by atoms with E-state index in [0.29, 0.717) is 12.3 Å². The molecular weight excluding hydrogens is 244 g/mol. The van der Waals surface area contributed by atoms with E-state index in [2.05, 4.69) is 10.6 Å². The van der Waals surface area contributed by atoms with Crippen molar-refractivity contribution >= 4 is 11.8 Å². The summed E-state index contributed by atoms with van der Waals surface area (Å²) in [6.45, 7) is 1.80. The molecule has 5 heteroatoms. The second-order valence-electron chi connectivity index (χ2n) is 5.02. The van der Waals surface area contributed by atoms with Gasteiger partial charge in [0.2, 0.25) is 11.8 Å². The van der Waals surface area contributed by atoms with Gasteiger partial charge in [-0.25, -0.2) is 0 Å². The van der Waals surface area contributed by atoms with Crippen LogP contribution in [0.15, 0.2) is 22.8 Å². The maximum Gasteiger partial charge on any atom is 0.243 e. The van der Waals surface area contributed by atoms with Crippen molar-refractivity contribution in [1.82, 2.24) is 10.6 Å². The van der Waals surface area contributed by atoms with Crippen molar-refractivity contribution in [2.24, 2.45) is 5.92 Å². The Hall–Kier alpha value is -1.78. The molecule has 104 valence electrons. The molecule has 2 N–H and O–H groups in total. The molecule has 5 nitrogen and oxygen atoms in total. The quantitative estimate of drug-likeness (QED) is 0.848. The molecule has 1 heterocycles. The summed E-state index contributed by atoms with van der Waals surface area (Å²) >= 11 is 0. The number of nitrogens with one attached hydrogen (secondary N) is 2. The van der Waals surface area contributed by atoms with Crippen molar-refractivity contribution in [2.75, 3.05) is 0 Å². The molecule has 1 aromatic rings. The van der Waals surface area contributed by atoms with E-state index < -0.39 is 6.04 Å². The van der Waals surface area contributed by atoms with Crippen LogP contribution < -0.4 is 10.6 Å². The molecule has 19 heavy (non-hydrogen) atoms. The molecule has 1 aromatic heterocycles. The van der Waals surface area contributed by atoms with E-state index in [9.17, 15) is 9.59 Å². The van der Waals surface area contributed by atoms with Gasteiger partial charge in [0.1, 0.15) is 11.8 Å². The number of amides is 2. The lowest BCUT2D eigenvalue weighted by Crippen LogP contribution is -2.49. The highest BCUT2D eigenvalue weighted by molar-refractivity contribution is 5.87.